The van der Waals surface area contributed by atoms with Gasteiger partial charge in [-0.2, -0.15) is 4.31 Å². The minimum atomic E-state index is -3.85. The summed E-state index contributed by atoms with van der Waals surface area (Å²) in [5.41, 5.74) is 1.93. The van der Waals surface area contributed by atoms with Crippen molar-refractivity contribution >= 4 is 31.5 Å². The van der Waals surface area contributed by atoms with Gasteiger partial charge in [-0.15, -0.1) is 0 Å². The molecule has 0 radical (unpaired) electrons. The lowest BCUT2D eigenvalue weighted by molar-refractivity contribution is -0.116. The van der Waals surface area contributed by atoms with E-state index in [0.29, 0.717) is 0 Å². The van der Waals surface area contributed by atoms with Crippen LogP contribution in [0.4, 0.5) is 5.69 Å². The summed E-state index contributed by atoms with van der Waals surface area (Å²) < 4.78 is 50.7. The van der Waals surface area contributed by atoms with Crippen LogP contribution < -0.4 is 5.32 Å². The Balaban J connectivity index is 2.21. The van der Waals surface area contributed by atoms with Crippen LogP contribution in [0.15, 0.2) is 52.3 Å². The standard InChI is InChI=1S/C19H24N2O5S2/c1-5-27(23,24)18-9-7-6-8-17(18)20-19(22)13-21(4)28(25,26)16-11-10-14(2)15(3)12-16/h6-12H,5,13H2,1-4H3,(H,20,22). The molecular formula is C19H24N2O5S2. The van der Waals surface area contributed by atoms with Gasteiger partial charge >= 0.3 is 0 Å². The third-order valence-electron chi connectivity index (χ3n) is 4.43. The summed E-state index contributed by atoms with van der Waals surface area (Å²) in [6.07, 6.45) is 0. The van der Waals surface area contributed by atoms with Gasteiger partial charge in [0, 0.05) is 7.05 Å². The Labute approximate surface area is 166 Å². The Morgan fingerprint density at radius 2 is 1.64 bits per heavy atom. The predicted molar refractivity (Wildman–Crippen MR) is 109 cm³/mol. The van der Waals surface area contributed by atoms with E-state index in [1.54, 1.807) is 24.3 Å². The number of benzene rings is 2. The van der Waals surface area contributed by atoms with Crippen molar-refractivity contribution in [3.8, 4) is 0 Å². The van der Waals surface area contributed by atoms with Gasteiger partial charge in [-0.25, -0.2) is 16.8 Å². The van der Waals surface area contributed by atoms with Crippen LogP contribution in [-0.4, -0.2) is 46.4 Å². The second-order valence-corrected chi connectivity index (χ2v) is 10.7. The molecule has 7 nitrogen and oxygen atoms in total. The van der Waals surface area contributed by atoms with E-state index in [-0.39, 0.29) is 21.2 Å². The molecule has 0 aromatic heterocycles. The molecule has 0 fully saturated rings. The number of likely N-dealkylation sites (N-methyl/N-ethyl adjacent to an activating group) is 1. The summed E-state index contributed by atoms with van der Waals surface area (Å²) in [5, 5.41) is 2.50. The van der Waals surface area contributed by atoms with E-state index in [1.807, 2.05) is 13.8 Å². The fourth-order valence-electron chi connectivity index (χ4n) is 2.53. The summed E-state index contributed by atoms with van der Waals surface area (Å²) in [6.45, 7) is 4.75. The summed E-state index contributed by atoms with van der Waals surface area (Å²) in [5.74, 6) is -0.741. The average molecular weight is 425 g/mol. The van der Waals surface area contributed by atoms with Gasteiger partial charge in [0.05, 0.1) is 27.8 Å². The first-order valence-corrected chi connectivity index (χ1v) is 11.7. The highest BCUT2D eigenvalue weighted by Gasteiger charge is 2.24. The van der Waals surface area contributed by atoms with E-state index in [4.69, 9.17) is 0 Å². The number of nitrogens with one attached hydrogen (secondary N) is 1. The van der Waals surface area contributed by atoms with Gasteiger partial charge in [-0.1, -0.05) is 25.1 Å². The van der Waals surface area contributed by atoms with Crippen LogP contribution >= 0.6 is 0 Å². The molecule has 0 spiro atoms. The SMILES string of the molecule is CCS(=O)(=O)c1ccccc1NC(=O)CN(C)S(=O)(=O)c1ccc(C)c(C)c1. The minimum Gasteiger partial charge on any atom is -0.324 e. The number of hydrogen-bond donors (Lipinski definition) is 1. The van der Waals surface area contributed by atoms with E-state index in [0.717, 1.165) is 15.4 Å². The number of aryl methyl sites for hydroxylation is 2. The molecule has 2 rings (SSSR count). The zero-order valence-electron chi connectivity index (χ0n) is 16.3. The van der Waals surface area contributed by atoms with Crippen molar-refractivity contribution in [2.45, 2.75) is 30.6 Å². The maximum atomic E-state index is 12.7. The molecule has 0 atom stereocenters. The van der Waals surface area contributed by atoms with Crippen LogP contribution in [0.3, 0.4) is 0 Å². The van der Waals surface area contributed by atoms with E-state index in [2.05, 4.69) is 5.32 Å². The lowest BCUT2D eigenvalue weighted by Gasteiger charge is -2.18. The number of sulfone groups is 1. The Hall–Kier alpha value is -2.23. The van der Waals surface area contributed by atoms with E-state index in [9.17, 15) is 21.6 Å². The van der Waals surface area contributed by atoms with Crippen molar-refractivity contribution in [3.63, 3.8) is 0 Å². The number of anilines is 1. The zero-order chi connectivity index (χ0) is 21.1. The Kier molecular flexibility index (Phi) is 6.63. The van der Waals surface area contributed by atoms with Crippen LogP contribution in [0.1, 0.15) is 18.1 Å². The molecule has 9 heteroatoms. The predicted octanol–water partition coefficient (Wildman–Crippen LogP) is 2.36. The lowest BCUT2D eigenvalue weighted by atomic mass is 10.1. The zero-order valence-corrected chi connectivity index (χ0v) is 17.9. The van der Waals surface area contributed by atoms with Gasteiger partial charge in [0.1, 0.15) is 0 Å². The molecule has 152 valence electrons. The van der Waals surface area contributed by atoms with Crippen molar-refractivity contribution in [2.75, 3.05) is 24.7 Å². The maximum absolute atomic E-state index is 12.7. The molecule has 2 aromatic rings. The molecule has 0 saturated heterocycles. The summed E-state index contributed by atoms with van der Waals surface area (Å²) in [4.78, 5) is 12.5. The molecular weight excluding hydrogens is 400 g/mol. The van der Waals surface area contributed by atoms with Gasteiger partial charge in [0.2, 0.25) is 15.9 Å². The fraction of sp³-hybridized carbons (Fsp3) is 0.316. The topological polar surface area (TPSA) is 101 Å². The van der Waals surface area contributed by atoms with Crippen LogP contribution in [-0.2, 0) is 24.7 Å². The number of amides is 1. The van der Waals surface area contributed by atoms with E-state index in [1.165, 1.54) is 32.2 Å². The van der Waals surface area contributed by atoms with Crippen molar-refractivity contribution in [1.29, 1.82) is 0 Å². The van der Waals surface area contributed by atoms with Crippen LogP contribution in [0.5, 0.6) is 0 Å². The summed E-state index contributed by atoms with van der Waals surface area (Å²) in [7, 11) is -6.08. The van der Waals surface area contributed by atoms with Gasteiger partial charge in [-0.05, 0) is 49.2 Å². The molecule has 0 heterocycles. The van der Waals surface area contributed by atoms with Crippen molar-refractivity contribution < 1.29 is 21.6 Å². The quantitative estimate of drug-likeness (QED) is 0.735. The van der Waals surface area contributed by atoms with Gasteiger partial charge in [0.25, 0.3) is 0 Å². The Bertz CT molecular complexity index is 1090. The molecule has 0 aliphatic heterocycles. The Morgan fingerprint density at radius 1 is 1.00 bits per heavy atom. The van der Waals surface area contributed by atoms with E-state index < -0.39 is 32.3 Å². The number of sulfonamides is 1. The van der Waals surface area contributed by atoms with Crippen LogP contribution in [0.2, 0.25) is 0 Å². The van der Waals surface area contributed by atoms with Gasteiger partial charge < -0.3 is 5.32 Å². The number of nitrogens with zero attached hydrogens (tertiary/aromatic N) is 1. The molecule has 0 aliphatic rings. The molecule has 1 N–H and O–H groups in total. The third kappa shape index (κ3) is 4.78. The first-order valence-electron chi connectivity index (χ1n) is 8.64. The second-order valence-electron chi connectivity index (χ2n) is 6.45. The number of hydrogen-bond acceptors (Lipinski definition) is 5. The normalized spacial score (nSPS) is 12.2. The van der Waals surface area contributed by atoms with E-state index >= 15 is 0 Å². The number of rotatable bonds is 7. The summed E-state index contributed by atoms with van der Waals surface area (Å²) >= 11 is 0. The number of carbonyl (C=O) groups is 1. The summed E-state index contributed by atoms with van der Waals surface area (Å²) in [6, 6.07) is 10.8. The fourth-order valence-corrected chi connectivity index (χ4v) is 4.79. The first kappa shape index (κ1) is 22.1. The minimum absolute atomic E-state index is 0.00511. The highest BCUT2D eigenvalue weighted by atomic mass is 32.2. The lowest BCUT2D eigenvalue weighted by Crippen LogP contribution is -2.35. The van der Waals surface area contributed by atoms with Crippen molar-refractivity contribution in [2.24, 2.45) is 0 Å². The third-order valence-corrected chi connectivity index (χ3v) is 8.01. The number of para-hydroxylation sites is 1. The number of carbonyl (C=O) groups excluding carboxylic acids is 1. The van der Waals surface area contributed by atoms with Crippen molar-refractivity contribution in [1.82, 2.24) is 4.31 Å². The highest BCUT2D eigenvalue weighted by molar-refractivity contribution is 7.91. The second kappa shape index (κ2) is 8.42. The monoisotopic (exact) mass is 424 g/mol. The van der Waals surface area contributed by atoms with Crippen LogP contribution in [0.25, 0.3) is 0 Å². The highest BCUT2D eigenvalue weighted by Crippen LogP contribution is 2.22. The molecule has 28 heavy (non-hydrogen) atoms. The molecule has 2 aromatic carbocycles. The first-order chi connectivity index (χ1) is 13.0. The van der Waals surface area contributed by atoms with Crippen LogP contribution in [0, 0.1) is 13.8 Å². The van der Waals surface area contributed by atoms with Gasteiger partial charge in [0.15, 0.2) is 9.84 Å². The molecule has 0 saturated carbocycles. The Morgan fingerprint density at radius 3 is 2.25 bits per heavy atom. The smallest absolute Gasteiger partial charge is 0.243 e. The van der Waals surface area contributed by atoms with Crippen molar-refractivity contribution in [3.05, 3.63) is 53.6 Å². The molecule has 1 amide bonds. The molecule has 0 bridgehead atoms. The molecule has 0 unspecified atom stereocenters. The van der Waals surface area contributed by atoms with Gasteiger partial charge in [-0.3, -0.25) is 4.79 Å². The largest absolute Gasteiger partial charge is 0.324 e. The average Bonchev–Trinajstić information content (AvgIpc) is 2.64. The maximum Gasteiger partial charge on any atom is 0.243 e. The molecule has 0 aliphatic carbocycles.